The number of aromatic nitrogens is 1. The molecule has 3 rings (SSSR count). The lowest BCUT2D eigenvalue weighted by Crippen LogP contribution is -2.38. The number of hydrogen-bond acceptors (Lipinski definition) is 2. The number of urea groups is 1. The van der Waals surface area contributed by atoms with Gasteiger partial charge in [-0.05, 0) is 55.2 Å². The van der Waals surface area contributed by atoms with Crippen LogP contribution < -0.4 is 15.4 Å². The van der Waals surface area contributed by atoms with Gasteiger partial charge in [0.15, 0.2) is 6.73 Å². The smallest absolute Gasteiger partial charge is 0.317 e. The highest BCUT2D eigenvalue weighted by Gasteiger charge is 2.04. The average Bonchev–Trinajstić information content (AvgIpc) is 3.01. The molecule has 3 aromatic rings. The molecule has 0 unspecified atom stereocenters. The summed E-state index contributed by atoms with van der Waals surface area (Å²) in [6.07, 6.45) is 2.77. The highest BCUT2D eigenvalue weighted by atomic mass is 16.5. The first-order valence-electron chi connectivity index (χ1n) is 8.40. The van der Waals surface area contributed by atoms with Gasteiger partial charge in [0, 0.05) is 23.6 Å². The maximum Gasteiger partial charge on any atom is 0.317 e. The fourth-order valence-corrected chi connectivity index (χ4v) is 2.70. The molecule has 0 spiro atoms. The fraction of sp³-hybridized carbons (Fsp3) is 0.250. The zero-order valence-corrected chi connectivity index (χ0v) is 14.6. The second-order valence-electron chi connectivity index (χ2n) is 6.08. The summed E-state index contributed by atoms with van der Waals surface area (Å²) in [5.41, 5.74) is 4.70. The number of aryl methyl sites for hydroxylation is 2. The molecule has 0 aliphatic carbocycles. The third kappa shape index (κ3) is 4.32. The first kappa shape index (κ1) is 16.9. The number of nitrogens with one attached hydrogen (secondary N) is 3. The lowest BCUT2D eigenvalue weighted by Gasteiger charge is -2.10. The Kier molecular flexibility index (Phi) is 5.23. The summed E-state index contributed by atoms with van der Waals surface area (Å²) in [6, 6.07) is 13.8. The van der Waals surface area contributed by atoms with Gasteiger partial charge < -0.3 is 20.4 Å². The molecule has 25 heavy (non-hydrogen) atoms. The predicted molar refractivity (Wildman–Crippen MR) is 99.9 cm³/mol. The average molecular weight is 337 g/mol. The molecule has 0 saturated carbocycles. The zero-order valence-electron chi connectivity index (χ0n) is 14.6. The first-order chi connectivity index (χ1) is 12.1. The van der Waals surface area contributed by atoms with Crippen molar-refractivity contribution in [3.63, 3.8) is 0 Å². The van der Waals surface area contributed by atoms with E-state index in [1.807, 2.05) is 49.5 Å². The van der Waals surface area contributed by atoms with Crippen LogP contribution >= 0.6 is 0 Å². The highest BCUT2D eigenvalue weighted by molar-refractivity contribution is 5.83. The molecule has 5 heteroatoms. The number of amides is 2. The molecule has 5 nitrogen and oxygen atoms in total. The van der Waals surface area contributed by atoms with E-state index in [2.05, 4.69) is 28.6 Å². The third-order valence-corrected chi connectivity index (χ3v) is 4.30. The lowest BCUT2D eigenvalue weighted by atomic mass is 10.1. The standard InChI is InChI=1S/C20H23N3O2/c1-14-7-8-17(11-15(14)2)25-13-23-20(24)21-10-9-16-12-22-19-6-4-3-5-18(16)19/h3-8,11-12,22H,9-10,13H2,1-2H3,(H2,21,23,24). The zero-order chi connectivity index (χ0) is 17.6. The van der Waals surface area contributed by atoms with Crippen LogP contribution in [-0.4, -0.2) is 24.3 Å². The van der Waals surface area contributed by atoms with Crippen LogP contribution in [0.25, 0.3) is 10.9 Å². The van der Waals surface area contributed by atoms with Gasteiger partial charge in [-0.2, -0.15) is 0 Å². The van der Waals surface area contributed by atoms with Crippen LogP contribution in [0, 0.1) is 13.8 Å². The van der Waals surface area contributed by atoms with Gasteiger partial charge >= 0.3 is 6.03 Å². The molecule has 1 heterocycles. The normalized spacial score (nSPS) is 10.6. The van der Waals surface area contributed by atoms with E-state index in [4.69, 9.17) is 4.74 Å². The number of H-pyrrole nitrogens is 1. The molecule has 3 N–H and O–H groups in total. The molecule has 130 valence electrons. The predicted octanol–water partition coefficient (Wildman–Crippen LogP) is 3.66. The van der Waals surface area contributed by atoms with Crippen LogP contribution in [0.4, 0.5) is 4.79 Å². The summed E-state index contributed by atoms with van der Waals surface area (Å²) in [7, 11) is 0. The van der Waals surface area contributed by atoms with Gasteiger partial charge in [-0.1, -0.05) is 24.3 Å². The first-order valence-corrected chi connectivity index (χ1v) is 8.40. The number of ether oxygens (including phenoxy) is 1. The number of carbonyl (C=O) groups excluding carboxylic acids is 1. The van der Waals surface area contributed by atoms with Gasteiger partial charge in [0.2, 0.25) is 0 Å². The summed E-state index contributed by atoms with van der Waals surface area (Å²) in [5, 5.41) is 6.75. The van der Waals surface area contributed by atoms with Gasteiger partial charge in [-0.3, -0.25) is 0 Å². The molecule has 1 aromatic heterocycles. The van der Waals surface area contributed by atoms with Crippen molar-refractivity contribution in [2.24, 2.45) is 0 Å². The molecule has 0 aliphatic rings. The minimum absolute atomic E-state index is 0.140. The van der Waals surface area contributed by atoms with E-state index < -0.39 is 0 Å². The van der Waals surface area contributed by atoms with Crippen LogP contribution in [0.1, 0.15) is 16.7 Å². The van der Waals surface area contributed by atoms with Gasteiger partial charge in [-0.15, -0.1) is 0 Å². The van der Waals surface area contributed by atoms with Gasteiger partial charge in [0.25, 0.3) is 0 Å². The Labute approximate surface area is 147 Å². The van der Waals surface area contributed by atoms with Crippen molar-refractivity contribution >= 4 is 16.9 Å². The number of para-hydroxylation sites is 1. The van der Waals surface area contributed by atoms with Crippen LogP contribution in [0.5, 0.6) is 5.75 Å². The molecule has 0 aliphatic heterocycles. The molecule has 0 radical (unpaired) electrons. The van der Waals surface area contributed by atoms with E-state index in [9.17, 15) is 4.79 Å². The second kappa shape index (κ2) is 7.75. The maximum absolute atomic E-state index is 11.8. The Morgan fingerprint density at radius 2 is 1.92 bits per heavy atom. The van der Waals surface area contributed by atoms with E-state index >= 15 is 0 Å². The fourth-order valence-electron chi connectivity index (χ4n) is 2.70. The number of carbonyl (C=O) groups is 1. The van der Waals surface area contributed by atoms with Crippen LogP contribution in [-0.2, 0) is 6.42 Å². The third-order valence-electron chi connectivity index (χ3n) is 4.30. The molecular formula is C20H23N3O2. The van der Waals surface area contributed by atoms with E-state index in [0.29, 0.717) is 6.54 Å². The SMILES string of the molecule is Cc1ccc(OCNC(=O)NCCc2c[nH]c3ccccc23)cc1C. The van der Waals surface area contributed by atoms with Crippen molar-refractivity contribution in [2.45, 2.75) is 20.3 Å². The molecule has 0 fully saturated rings. The van der Waals surface area contributed by atoms with Crippen molar-refractivity contribution in [3.05, 3.63) is 65.4 Å². The largest absolute Gasteiger partial charge is 0.473 e. The van der Waals surface area contributed by atoms with Gasteiger partial charge in [0.1, 0.15) is 5.75 Å². The van der Waals surface area contributed by atoms with Crippen molar-refractivity contribution in [1.29, 1.82) is 0 Å². The number of hydrogen-bond donors (Lipinski definition) is 3. The molecule has 0 atom stereocenters. The van der Waals surface area contributed by atoms with E-state index in [1.165, 1.54) is 22.1 Å². The molecule has 0 bridgehead atoms. The Hall–Kier alpha value is -2.95. The minimum atomic E-state index is -0.233. The van der Waals surface area contributed by atoms with Crippen molar-refractivity contribution < 1.29 is 9.53 Å². The van der Waals surface area contributed by atoms with Gasteiger partial charge in [-0.25, -0.2) is 4.79 Å². The maximum atomic E-state index is 11.8. The number of fused-ring (bicyclic) bond motifs is 1. The van der Waals surface area contributed by atoms with Crippen molar-refractivity contribution in [1.82, 2.24) is 15.6 Å². The van der Waals surface area contributed by atoms with Crippen LogP contribution in [0.15, 0.2) is 48.7 Å². The van der Waals surface area contributed by atoms with Crippen molar-refractivity contribution in [2.75, 3.05) is 13.3 Å². The van der Waals surface area contributed by atoms with E-state index in [0.717, 1.165) is 17.7 Å². The van der Waals surface area contributed by atoms with Gasteiger partial charge in [0.05, 0.1) is 0 Å². The highest BCUT2D eigenvalue weighted by Crippen LogP contribution is 2.18. The van der Waals surface area contributed by atoms with E-state index in [1.54, 1.807) is 0 Å². The van der Waals surface area contributed by atoms with Crippen LogP contribution in [0.2, 0.25) is 0 Å². The van der Waals surface area contributed by atoms with Crippen molar-refractivity contribution in [3.8, 4) is 5.75 Å². The molecule has 2 amide bonds. The molecule has 2 aromatic carbocycles. The number of aromatic amines is 1. The monoisotopic (exact) mass is 337 g/mol. The second-order valence-corrected chi connectivity index (χ2v) is 6.08. The minimum Gasteiger partial charge on any atom is -0.473 e. The van der Waals surface area contributed by atoms with E-state index in [-0.39, 0.29) is 12.8 Å². The quantitative estimate of drug-likeness (QED) is 0.601. The summed E-state index contributed by atoms with van der Waals surface area (Å²) >= 11 is 0. The summed E-state index contributed by atoms with van der Waals surface area (Å²) in [5.74, 6) is 0.752. The molecule has 0 saturated heterocycles. The number of benzene rings is 2. The Morgan fingerprint density at radius 3 is 2.76 bits per heavy atom. The number of rotatable bonds is 6. The Bertz CT molecular complexity index is 870. The summed E-state index contributed by atoms with van der Waals surface area (Å²) in [6.45, 7) is 4.80. The van der Waals surface area contributed by atoms with Crippen LogP contribution in [0.3, 0.4) is 0 Å². The Balaban J connectivity index is 1.40. The Morgan fingerprint density at radius 1 is 1.08 bits per heavy atom. The summed E-state index contributed by atoms with van der Waals surface area (Å²) in [4.78, 5) is 15.1. The topological polar surface area (TPSA) is 66.2 Å². The summed E-state index contributed by atoms with van der Waals surface area (Å²) < 4.78 is 5.55. The molecular weight excluding hydrogens is 314 g/mol. The lowest BCUT2D eigenvalue weighted by molar-refractivity contribution is 0.224.